The number of furan rings is 1. The molecule has 1 N–H and O–H groups in total. The number of rotatable bonds is 11. The van der Waals surface area contributed by atoms with E-state index in [1.807, 2.05) is 6.07 Å². The Hall–Kier alpha value is -0.800. The average molecular weight is 253 g/mol. The third kappa shape index (κ3) is 6.22. The molecule has 0 aliphatic rings. The predicted molar refractivity (Wildman–Crippen MR) is 74.5 cm³/mol. The van der Waals surface area contributed by atoms with Crippen molar-refractivity contribution in [1.82, 2.24) is 5.32 Å². The molecule has 0 atom stereocenters. The minimum absolute atomic E-state index is 0.599. The number of unbranched alkanes of at least 4 members (excludes halogenated alkanes) is 4. The van der Waals surface area contributed by atoms with E-state index < -0.39 is 0 Å². The molecule has 0 aliphatic heterocycles. The van der Waals surface area contributed by atoms with Gasteiger partial charge in [0.05, 0.1) is 6.26 Å². The fourth-order valence-corrected chi connectivity index (χ4v) is 1.88. The molecule has 0 amide bonds. The molecule has 1 aromatic heterocycles. The van der Waals surface area contributed by atoms with Gasteiger partial charge in [0.15, 0.2) is 0 Å². The van der Waals surface area contributed by atoms with Crippen molar-refractivity contribution < 1.29 is 9.15 Å². The van der Waals surface area contributed by atoms with Crippen molar-refractivity contribution >= 4 is 0 Å². The standard InChI is InChI=1S/C15H27NO2/c1-3-5-6-7-8-10-17-13-15-14(9-11-18-15)12-16-4-2/h9,11,16H,3-8,10,12-13H2,1-2H3. The lowest BCUT2D eigenvalue weighted by atomic mass is 10.2. The summed E-state index contributed by atoms with van der Waals surface area (Å²) in [5, 5.41) is 3.30. The van der Waals surface area contributed by atoms with Gasteiger partial charge in [0.2, 0.25) is 0 Å². The molecular formula is C15H27NO2. The van der Waals surface area contributed by atoms with Gasteiger partial charge in [-0.1, -0.05) is 39.5 Å². The van der Waals surface area contributed by atoms with Crippen molar-refractivity contribution in [3.8, 4) is 0 Å². The zero-order chi connectivity index (χ0) is 13.1. The third-order valence-corrected chi connectivity index (χ3v) is 3.03. The molecule has 1 heterocycles. The highest BCUT2D eigenvalue weighted by molar-refractivity contribution is 5.15. The van der Waals surface area contributed by atoms with Gasteiger partial charge in [-0.3, -0.25) is 0 Å². The third-order valence-electron chi connectivity index (χ3n) is 3.03. The first-order valence-corrected chi connectivity index (χ1v) is 7.22. The van der Waals surface area contributed by atoms with Crippen LogP contribution in [0.1, 0.15) is 57.3 Å². The molecule has 0 saturated heterocycles. The van der Waals surface area contributed by atoms with Crippen LogP contribution in [0.25, 0.3) is 0 Å². The first kappa shape index (κ1) is 15.3. The van der Waals surface area contributed by atoms with E-state index in [1.165, 1.54) is 31.2 Å². The van der Waals surface area contributed by atoms with Crippen molar-refractivity contribution in [2.45, 2.75) is 59.1 Å². The zero-order valence-corrected chi connectivity index (χ0v) is 11.8. The lowest BCUT2D eigenvalue weighted by molar-refractivity contribution is 0.102. The van der Waals surface area contributed by atoms with Crippen LogP contribution in [0.3, 0.4) is 0 Å². The lowest BCUT2D eigenvalue weighted by Gasteiger charge is -2.05. The van der Waals surface area contributed by atoms with Gasteiger partial charge in [0.25, 0.3) is 0 Å². The first-order chi connectivity index (χ1) is 8.88. The highest BCUT2D eigenvalue weighted by atomic mass is 16.5. The van der Waals surface area contributed by atoms with Gasteiger partial charge in [0.1, 0.15) is 12.4 Å². The second-order valence-electron chi connectivity index (χ2n) is 4.62. The van der Waals surface area contributed by atoms with E-state index in [2.05, 4.69) is 19.2 Å². The van der Waals surface area contributed by atoms with Crippen molar-refractivity contribution in [2.75, 3.05) is 13.2 Å². The summed E-state index contributed by atoms with van der Waals surface area (Å²) in [5.41, 5.74) is 1.21. The van der Waals surface area contributed by atoms with Gasteiger partial charge < -0.3 is 14.5 Å². The SMILES string of the molecule is CCCCCCCOCc1occc1CNCC. The monoisotopic (exact) mass is 253 g/mol. The molecule has 3 heteroatoms. The van der Waals surface area contributed by atoms with E-state index in [4.69, 9.17) is 9.15 Å². The smallest absolute Gasteiger partial charge is 0.133 e. The van der Waals surface area contributed by atoms with E-state index in [-0.39, 0.29) is 0 Å². The Balaban J connectivity index is 2.09. The Kier molecular flexibility index (Phi) is 8.61. The molecule has 0 saturated carbocycles. The highest BCUT2D eigenvalue weighted by Crippen LogP contribution is 2.12. The molecule has 0 aromatic carbocycles. The van der Waals surface area contributed by atoms with E-state index in [0.29, 0.717) is 6.61 Å². The van der Waals surface area contributed by atoms with Gasteiger partial charge in [-0.15, -0.1) is 0 Å². The summed E-state index contributed by atoms with van der Waals surface area (Å²) in [6.45, 7) is 7.61. The maximum Gasteiger partial charge on any atom is 0.133 e. The van der Waals surface area contributed by atoms with Crippen LogP contribution in [0.4, 0.5) is 0 Å². The van der Waals surface area contributed by atoms with Gasteiger partial charge >= 0.3 is 0 Å². The van der Waals surface area contributed by atoms with Gasteiger partial charge in [-0.05, 0) is 19.0 Å². The van der Waals surface area contributed by atoms with Crippen LogP contribution >= 0.6 is 0 Å². The normalized spacial score (nSPS) is 11.0. The largest absolute Gasteiger partial charge is 0.467 e. The number of hydrogen-bond donors (Lipinski definition) is 1. The Labute approximate surface area is 111 Å². The Morgan fingerprint density at radius 2 is 2.00 bits per heavy atom. The molecular weight excluding hydrogens is 226 g/mol. The summed E-state index contributed by atoms with van der Waals surface area (Å²) in [7, 11) is 0. The summed E-state index contributed by atoms with van der Waals surface area (Å²) in [6, 6.07) is 2.02. The van der Waals surface area contributed by atoms with Gasteiger partial charge in [-0.25, -0.2) is 0 Å². The van der Waals surface area contributed by atoms with Crippen molar-refractivity contribution in [1.29, 1.82) is 0 Å². The van der Waals surface area contributed by atoms with Crippen molar-refractivity contribution in [2.24, 2.45) is 0 Å². The summed E-state index contributed by atoms with van der Waals surface area (Å²) < 4.78 is 11.1. The summed E-state index contributed by atoms with van der Waals surface area (Å²) in [5.74, 6) is 0.963. The van der Waals surface area contributed by atoms with Crippen LogP contribution in [0.15, 0.2) is 16.7 Å². The van der Waals surface area contributed by atoms with Crippen LogP contribution in [0, 0.1) is 0 Å². The molecule has 0 spiro atoms. The molecule has 0 unspecified atom stereocenters. The minimum Gasteiger partial charge on any atom is -0.467 e. The summed E-state index contributed by atoms with van der Waals surface area (Å²) >= 11 is 0. The number of nitrogens with one attached hydrogen (secondary N) is 1. The minimum atomic E-state index is 0.599. The Bertz CT molecular complexity index is 296. The maximum atomic E-state index is 5.66. The molecule has 0 aliphatic carbocycles. The summed E-state index contributed by atoms with van der Waals surface area (Å²) in [4.78, 5) is 0. The Morgan fingerprint density at radius 1 is 1.17 bits per heavy atom. The molecule has 18 heavy (non-hydrogen) atoms. The van der Waals surface area contributed by atoms with E-state index in [0.717, 1.165) is 31.9 Å². The average Bonchev–Trinajstić information content (AvgIpc) is 2.83. The number of ether oxygens (including phenoxy) is 1. The predicted octanol–water partition coefficient (Wildman–Crippen LogP) is 3.88. The highest BCUT2D eigenvalue weighted by Gasteiger charge is 2.05. The van der Waals surface area contributed by atoms with Crippen molar-refractivity contribution in [3.63, 3.8) is 0 Å². The number of hydrogen-bond acceptors (Lipinski definition) is 3. The van der Waals surface area contributed by atoms with Gasteiger partial charge in [-0.2, -0.15) is 0 Å². The van der Waals surface area contributed by atoms with E-state index in [9.17, 15) is 0 Å². The quantitative estimate of drug-likeness (QED) is 0.608. The maximum absolute atomic E-state index is 5.66. The molecule has 3 nitrogen and oxygen atoms in total. The van der Waals surface area contributed by atoms with Crippen molar-refractivity contribution in [3.05, 3.63) is 23.7 Å². The zero-order valence-electron chi connectivity index (χ0n) is 11.8. The molecule has 0 bridgehead atoms. The topological polar surface area (TPSA) is 34.4 Å². The molecule has 104 valence electrons. The molecule has 0 radical (unpaired) electrons. The fraction of sp³-hybridized carbons (Fsp3) is 0.733. The fourth-order valence-electron chi connectivity index (χ4n) is 1.88. The molecule has 0 fully saturated rings. The van der Waals surface area contributed by atoms with Crippen LogP contribution in [0.2, 0.25) is 0 Å². The molecule has 1 aromatic rings. The van der Waals surface area contributed by atoms with E-state index >= 15 is 0 Å². The van der Waals surface area contributed by atoms with Crippen LogP contribution in [-0.4, -0.2) is 13.2 Å². The van der Waals surface area contributed by atoms with Crippen LogP contribution in [-0.2, 0) is 17.9 Å². The van der Waals surface area contributed by atoms with Crippen LogP contribution in [0.5, 0.6) is 0 Å². The second kappa shape index (κ2) is 10.2. The first-order valence-electron chi connectivity index (χ1n) is 7.22. The molecule has 1 rings (SSSR count). The summed E-state index contributed by atoms with van der Waals surface area (Å²) in [6.07, 6.45) is 8.13. The van der Waals surface area contributed by atoms with E-state index in [1.54, 1.807) is 6.26 Å². The lowest BCUT2D eigenvalue weighted by Crippen LogP contribution is -2.12. The van der Waals surface area contributed by atoms with Gasteiger partial charge in [0, 0.05) is 18.7 Å². The Morgan fingerprint density at radius 3 is 2.78 bits per heavy atom. The second-order valence-corrected chi connectivity index (χ2v) is 4.62. The van der Waals surface area contributed by atoms with Crippen LogP contribution < -0.4 is 5.32 Å².